The van der Waals surface area contributed by atoms with E-state index in [0.29, 0.717) is 0 Å². The van der Waals surface area contributed by atoms with Crippen LogP contribution in [0.2, 0.25) is 0 Å². The van der Waals surface area contributed by atoms with Crippen LogP contribution < -0.4 is 9.47 Å². The molecule has 0 N–H and O–H groups in total. The first-order chi connectivity index (χ1) is 10.1. The van der Waals surface area contributed by atoms with Crippen molar-refractivity contribution in [1.82, 2.24) is 0 Å². The standard InChI is InChI=1S/C19H21N2/c1-14-15(2)21-12-6-5-7-19(21)18(14)13-16-8-10-17(11-9-16)20(3)4/h5-13H,1-4H3/q+1. The minimum Gasteiger partial charge on any atom is -0.378 e. The fraction of sp³-hybridized carbons (Fsp3) is 0.211. The molecule has 0 saturated carbocycles. The van der Waals surface area contributed by atoms with Crippen LogP contribution in [0.5, 0.6) is 0 Å². The van der Waals surface area contributed by atoms with Gasteiger partial charge in [0.2, 0.25) is 5.69 Å². The predicted molar refractivity (Wildman–Crippen MR) is 89.8 cm³/mol. The van der Waals surface area contributed by atoms with Gasteiger partial charge in [-0.05, 0) is 36.8 Å². The molecule has 0 saturated heterocycles. The molecule has 0 unspecified atom stereocenters. The third-order valence-corrected chi connectivity index (χ3v) is 4.16. The summed E-state index contributed by atoms with van der Waals surface area (Å²) in [6.45, 7) is 4.37. The van der Waals surface area contributed by atoms with Gasteiger partial charge in [-0.2, -0.15) is 4.57 Å². The lowest BCUT2D eigenvalue weighted by Gasteiger charge is -2.11. The number of nitrogens with zero attached hydrogens (tertiary/aromatic N) is 2. The Labute approximate surface area is 126 Å². The second-order valence-electron chi connectivity index (χ2n) is 5.71. The third-order valence-electron chi connectivity index (χ3n) is 4.16. The second kappa shape index (κ2) is 5.21. The van der Waals surface area contributed by atoms with Gasteiger partial charge in [-0.25, -0.2) is 0 Å². The molecule has 1 aromatic carbocycles. The van der Waals surface area contributed by atoms with E-state index in [9.17, 15) is 0 Å². The molecule has 0 atom stereocenters. The van der Waals surface area contributed by atoms with Crippen LogP contribution in [0.25, 0.3) is 17.3 Å². The normalized spacial score (nSPS) is 15.5. The van der Waals surface area contributed by atoms with Crippen LogP contribution in [0.4, 0.5) is 5.69 Å². The smallest absolute Gasteiger partial charge is 0.218 e. The highest BCUT2D eigenvalue weighted by Gasteiger charge is 2.28. The van der Waals surface area contributed by atoms with E-state index in [-0.39, 0.29) is 0 Å². The topological polar surface area (TPSA) is 7.12 Å². The lowest BCUT2D eigenvalue weighted by atomic mass is 10.0. The summed E-state index contributed by atoms with van der Waals surface area (Å²) in [5.74, 6) is 0. The molecule has 106 valence electrons. The molecule has 2 heterocycles. The first-order valence-electron chi connectivity index (χ1n) is 7.26. The van der Waals surface area contributed by atoms with E-state index >= 15 is 0 Å². The number of anilines is 1. The SMILES string of the molecule is CC1=C(C)[n+]2ccccc2/C1=C/c1ccc(N(C)C)cc1. The fourth-order valence-corrected chi connectivity index (χ4v) is 2.74. The van der Waals surface area contributed by atoms with Crippen molar-refractivity contribution in [2.24, 2.45) is 0 Å². The molecule has 1 aliphatic rings. The molecule has 2 nitrogen and oxygen atoms in total. The molecular weight excluding hydrogens is 256 g/mol. The van der Waals surface area contributed by atoms with Crippen LogP contribution >= 0.6 is 0 Å². The van der Waals surface area contributed by atoms with E-state index in [4.69, 9.17) is 0 Å². The molecule has 0 aliphatic carbocycles. The van der Waals surface area contributed by atoms with Gasteiger partial charge < -0.3 is 4.90 Å². The van der Waals surface area contributed by atoms with E-state index < -0.39 is 0 Å². The minimum atomic E-state index is 1.22. The third kappa shape index (κ3) is 2.38. The van der Waals surface area contributed by atoms with Crippen molar-refractivity contribution in [2.45, 2.75) is 13.8 Å². The number of hydrogen-bond acceptors (Lipinski definition) is 1. The zero-order valence-electron chi connectivity index (χ0n) is 13.1. The van der Waals surface area contributed by atoms with Crippen molar-refractivity contribution in [1.29, 1.82) is 0 Å². The highest BCUT2D eigenvalue weighted by molar-refractivity contribution is 5.93. The number of aromatic nitrogens is 1. The average molecular weight is 277 g/mol. The van der Waals surface area contributed by atoms with Gasteiger partial charge in [0.15, 0.2) is 11.9 Å². The second-order valence-corrected chi connectivity index (χ2v) is 5.71. The van der Waals surface area contributed by atoms with Crippen LogP contribution in [-0.4, -0.2) is 14.1 Å². The minimum absolute atomic E-state index is 1.22. The number of hydrogen-bond donors (Lipinski definition) is 0. The zero-order chi connectivity index (χ0) is 15.0. The van der Waals surface area contributed by atoms with Crippen LogP contribution in [0.15, 0.2) is 54.2 Å². The average Bonchev–Trinajstić information content (AvgIpc) is 2.73. The predicted octanol–water partition coefficient (Wildman–Crippen LogP) is 3.85. The molecule has 3 rings (SSSR count). The highest BCUT2D eigenvalue weighted by atomic mass is 15.1. The van der Waals surface area contributed by atoms with E-state index in [2.05, 4.69) is 92.1 Å². The molecule has 2 heteroatoms. The summed E-state index contributed by atoms with van der Waals surface area (Å²) in [5.41, 5.74) is 7.69. The molecule has 1 aromatic heterocycles. The highest BCUT2D eigenvalue weighted by Crippen LogP contribution is 2.31. The summed E-state index contributed by atoms with van der Waals surface area (Å²) < 4.78 is 2.26. The Kier molecular flexibility index (Phi) is 3.38. The first-order valence-corrected chi connectivity index (χ1v) is 7.26. The van der Waals surface area contributed by atoms with E-state index in [1.807, 2.05) is 0 Å². The van der Waals surface area contributed by atoms with E-state index in [1.54, 1.807) is 0 Å². The quantitative estimate of drug-likeness (QED) is 0.756. The number of rotatable bonds is 2. The Bertz CT molecular complexity index is 734. The first kappa shape index (κ1) is 13.6. The molecular formula is C19H21N2+. The Balaban J connectivity index is 2.04. The molecule has 1 aliphatic heterocycles. The van der Waals surface area contributed by atoms with Crippen LogP contribution in [0, 0.1) is 0 Å². The van der Waals surface area contributed by atoms with Crippen LogP contribution in [0.3, 0.4) is 0 Å². The number of fused-ring (bicyclic) bond motifs is 1. The van der Waals surface area contributed by atoms with Crippen molar-refractivity contribution in [3.8, 4) is 0 Å². The van der Waals surface area contributed by atoms with Crippen molar-refractivity contribution in [3.63, 3.8) is 0 Å². The Hall–Kier alpha value is -2.35. The molecule has 21 heavy (non-hydrogen) atoms. The molecule has 0 radical (unpaired) electrons. The largest absolute Gasteiger partial charge is 0.378 e. The summed E-state index contributed by atoms with van der Waals surface area (Å²) in [6, 6.07) is 15.0. The zero-order valence-corrected chi connectivity index (χ0v) is 13.1. The molecule has 0 spiro atoms. The van der Waals surface area contributed by atoms with Crippen molar-refractivity contribution < 1.29 is 4.57 Å². The summed E-state index contributed by atoms with van der Waals surface area (Å²) >= 11 is 0. The van der Waals surface area contributed by atoms with Gasteiger partial charge in [-0.1, -0.05) is 12.1 Å². The summed E-state index contributed by atoms with van der Waals surface area (Å²) in [4.78, 5) is 2.12. The lowest BCUT2D eigenvalue weighted by molar-refractivity contribution is -0.581. The lowest BCUT2D eigenvalue weighted by Crippen LogP contribution is -2.31. The van der Waals surface area contributed by atoms with E-state index in [0.717, 1.165) is 0 Å². The van der Waals surface area contributed by atoms with Gasteiger partial charge >= 0.3 is 0 Å². The number of allylic oxidation sites excluding steroid dienone is 3. The Morgan fingerprint density at radius 1 is 0.952 bits per heavy atom. The molecule has 0 fully saturated rings. The number of benzene rings is 1. The van der Waals surface area contributed by atoms with E-state index in [1.165, 1.54) is 33.8 Å². The molecule has 2 aromatic rings. The molecule has 0 bridgehead atoms. The maximum absolute atomic E-state index is 2.27. The van der Waals surface area contributed by atoms with Gasteiger partial charge in [0.25, 0.3) is 0 Å². The van der Waals surface area contributed by atoms with Crippen molar-refractivity contribution in [3.05, 3.63) is 65.5 Å². The van der Waals surface area contributed by atoms with Crippen molar-refractivity contribution >= 4 is 23.0 Å². The fourth-order valence-electron chi connectivity index (χ4n) is 2.74. The van der Waals surface area contributed by atoms with Gasteiger partial charge in [0.05, 0.1) is 5.57 Å². The summed E-state index contributed by atoms with van der Waals surface area (Å²) in [7, 11) is 4.13. The Morgan fingerprint density at radius 3 is 2.33 bits per heavy atom. The summed E-state index contributed by atoms with van der Waals surface area (Å²) in [5, 5.41) is 0. The number of pyridine rings is 1. The Morgan fingerprint density at radius 2 is 1.67 bits per heavy atom. The van der Waals surface area contributed by atoms with Crippen LogP contribution in [-0.2, 0) is 0 Å². The molecule has 0 amide bonds. The summed E-state index contributed by atoms with van der Waals surface area (Å²) in [6.07, 6.45) is 4.40. The maximum Gasteiger partial charge on any atom is 0.218 e. The maximum atomic E-state index is 2.27. The van der Waals surface area contributed by atoms with Crippen LogP contribution in [0.1, 0.15) is 25.1 Å². The van der Waals surface area contributed by atoms with Gasteiger partial charge in [0.1, 0.15) is 0 Å². The van der Waals surface area contributed by atoms with Gasteiger partial charge in [-0.3, -0.25) is 0 Å². The van der Waals surface area contributed by atoms with Crippen molar-refractivity contribution in [2.75, 3.05) is 19.0 Å². The van der Waals surface area contributed by atoms with Gasteiger partial charge in [-0.15, -0.1) is 0 Å². The van der Waals surface area contributed by atoms with Gasteiger partial charge in [0, 0.05) is 44.4 Å². The monoisotopic (exact) mass is 277 g/mol.